The van der Waals surface area contributed by atoms with Gasteiger partial charge in [0.2, 0.25) is 0 Å². The van der Waals surface area contributed by atoms with Crippen LogP contribution < -0.4 is 5.73 Å². The number of rotatable bonds is 1. The van der Waals surface area contributed by atoms with E-state index < -0.39 is 6.43 Å². The van der Waals surface area contributed by atoms with E-state index in [0.29, 0.717) is 8.17 Å². The summed E-state index contributed by atoms with van der Waals surface area (Å²) in [4.78, 5) is 3.67. The molecule has 0 aromatic carbocycles. The van der Waals surface area contributed by atoms with Crippen LogP contribution >= 0.6 is 38.5 Å². The molecule has 66 valence electrons. The van der Waals surface area contributed by atoms with Gasteiger partial charge < -0.3 is 5.73 Å². The second kappa shape index (κ2) is 3.82. The molecule has 1 aromatic heterocycles. The summed E-state index contributed by atoms with van der Waals surface area (Å²) in [7, 11) is 0. The average molecular weight is 349 g/mol. The van der Waals surface area contributed by atoms with Crippen molar-refractivity contribution in [1.29, 1.82) is 0 Å². The lowest BCUT2D eigenvalue weighted by atomic mass is 10.3. The van der Waals surface area contributed by atoms with Crippen LogP contribution in [0.25, 0.3) is 0 Å². The highest BCUT2D eigenvalue weighted by atomic mass is 127. The lowest BCUT2D eigenvalue weighted by molar-refractivity contribution is 0.150. The summed E-state index contributed by atoms with van der Waals surface area (Å²) in [6.07, 6.45) is -1.41. The summed E-state index contributed by atoms with van der Waals surface area (Å²) in [5, 5.41) is 0. The first-order chi connectivity index (χ1) is 5.54. The first-order valence-corrected chi connectivity index (χ1v) is 4.78. The van der Waals surface area contributed by atoms with E-state index in [9.17, 15) is 8.78 Å². The van der Waals surface area contributed by atoms with Crippen LogP contribution in [-0.4, -0.2) is 4.98 Å². The number of pyridine rings is 1. The molecule has 0 atom stereocenters. The number of hydrogen-bond acceptors (Lipinski definition) is 2. The Labute approximate surface area is 89.8 Å². The molecule has 1 heterocycles. The Morgan fingerprint density at radius 2 is 2.17 bits per heavy atom. The number of hydrogen-bond donors (Lipinski definition) is 1. The zero-order valence-corrected chi connectivity index (χ0v) is 9.43. The van der Waals surface area contributed by atoms with E-state index in [2.05, 4.69) is 20.9 Å². The summed E-state index contributed by atoms with van der Waals surface area (Å²) >= 11 is 4.81. The number of nitrogen functional groups attached to an aromatic ring is 1. The Morgan fingerprint density at radius 1 is 1.58 bits per heavy atom. The van der Waals surface area contributed by atoms with Crippen molar-refractivity contribution in [2.45, 2.75) is 6.43 Å². The molecule has 0 aliphatic heterocycles. The molecule has 0 unspecified atom stereocenters. The summed E-state index contributed by atoms with van der Waals surface area (Å²) in [6, 6.07) is 0. The van der Waals surface area contributed by atoms with Gasteiger partial charge in [-0.2, -0.15) is 0 Å². The van der Waals surface area contributed by atoms with Crippen LogP contribution in [0.5, 0.6) is 0 Å². The number of aromatic nitrogens is 1. The van der Waals surface area contributed by atoms with Crippen LogP contribution in [0, 0.1) is 3.57 Å². The molecule has 0 amide bonds. The Kier molecular flexibility index (Phi) is 3.22. The standard InChI is InChI=1S/C6H4BrF2IN2/c7-5-4(11)3(10)2(1-12-5)6(8)9/h1,6H,11H2. The normalized spacial score (nSPS) is 10.8. The van der Waals surface area contributed by atoms with Crippen molar-refractivity contribution in [3.63, 3.8) is 0 Å². The van der Waals surface area contributed by atoms with Gasteiger partial charge >= 0.3 is 0 Å². The van der Waals surface area contributed by atoms with Gasteiger partial charge in [-0.1, -0.05) is 0 Å². The van der Waals surface area contributed by atoms with Crippen LogP contribution in [0.15, 0.2) is 10.8 Å². The SMILES string of the molecule is Nc1c(Br)ncc(C(F)F)c1I. The van der Waals surface area contributed by atoms with Gasteiger partial charge in [0, 0.05) is 9.77 Å². The van der Waals surface area contributed by atoms with Crippen LogP contribution in [0.3, 0.4) is 0 Å². The zero-order valence-electron chi connectivity index (χ0n) is 5.69. The number of nitrogens with two attached hydrogens (primary N) is 1. The molecule has 0 fully saturated rings. The lowest BCUT2D eigenvalue weighted by Crippen LogP contribution is -1.99. The Hall–Kier alpha value is 0.0200. The van der Waals surface area contributed by atoms with Crippen LogP contribution in [0.4, 0.5) is 14.5 Å². The van der Waals surface area contributed by atoms with Gasteiger partial charge in [0.25, 0.3) is 6.43 Å². The maximum atomic E-state index is 12.2. The molecular formula is C6H4BrF2IN2. The van der Waals surface area contributed by atoms with Crippen molar-refractivity contribution in [2.24, 2.45) is 0 Å². The molecule has 0 spiro atoms. The fourth-order valence-corrected chi connectivity index (χ4v) is 1.95. The molecule has 0 radical (unpaired) electrons. The van der Waals surface area contributed by atoms with Crippen LogP contribution in [0.1, 0.15) is 12.0 Å². The minimum Gasteiger partial charge on any atom is -0.396 e. The van der Waals surface area contributed by atoms with Crippen LogP contribution in [-0.2, 0) is 0 Å². The molecule has 0 aliphatic rings. The fraction of sp³-hybridized carbons (Fsp3) is 0.167. The maximum Gasteiger partial charge on any atom is 0.266 e. The minimum absolute atomic E-state index is 0.128. The first-order valence-electron chi connectivity index (χ1n) is 2.91. The van der Waals surface area contributed by atoms with Gasteiger partial charge in [-0.25, -0.2) is 13.8 Å². The van der Waals surface area contributed by atoms with Crippen LogP contribution in [0.2, 0.25) is 0 Å². The van der Waals surface area contributed by atoms with Gasteiger partial charge in [0.1, 0.15) is 4.60 Å². The predicted octanol–water partition coefficient (Wildman–Crippen LogP) is 2.97. The molecule has 0 saturated heterocycles. The highest BCUT2D eigenvalue weighted by molar-refractivity contribution is 14.1. The largest absolute Gasteiger partial charge is 0.396 e. The minimum atomic E-state index is -2.53. The van der Waals surface area contributed by atoms with E-state index in [1.165, 1.54) is 0 Å². The van der Waals surface area contributed by atoms with E-state index in [4.69, 9.17) is 5.73 Å². The molecule has 2 nitrogen and oxygen atoms in total. The van der Waals surface area contributed by atoms with Crippen molar-refractivity contribution in [1.82, 2.24) is 4.98 Å². The highest BCUT2D eigenvalue weighted by Gasteiger charge is 2.15. The van der Waals surface area contributed by atoms with E-state index >= 15 is 0 Å². The van der Waals surface area contributed by atoms with Crippen molar-refractivity contribution in [2.75, 3.05) is 5.73 Å². The quantitative estimate of drug-likeness (QED) is 0.626. The van der Waals surface area contributed by atoms with Crippen molar-refractivity contribution in [3.8, 4) is 0 Å². The van der Waals surface area contributed by atoms with Gasteiger partial charge in [0.15, 0.2) is 0 Å². The van der Waals surface area contributed by atoms with E-state index in [0.717, 1.165) is 6.20 Å². The fourth-order valence-electron chi connectivity index (χ4n) is 0.651. The third kappa shape index (κ3) is 1.85. The molecule has 0 bridgehead atoms. The van der Waals surface area contributed by atoms with Gasteiger partial charge in [-0.05, 0) is 38.5 Å². The number of halogens is 4. The maximum absolute atomic E-state index is 12.2. The van der Waals surface area contributed by atoms with Crippen molar-refractivity contribution in [3.05, 3.63) is 19.9 Å². The number of alkyl halides is 2. The second-order valence-electron chi connectivity index (χ2n) is 2.03. The van der Waals surface area contributed by atoms with Gasteiger partial charge in [0.05, 0.1) is 11.3 Å². The first kappa shape index (κ1) is 10.1. The van der Waals surface area contributed by atoms with Crippen molar-refractivity contribution >= 4 is 44.2 Å². The summed E-state index contributed by atoms with van der Waals surface area (Å²) < 4.78 is 25.2. The molecule has 2 N–H and O–H groups in total. The van der Waals surface area contributed by atoms with Gasteiger partial charge in [-0.3, -0.25) is 0 Å². The lowest BCUT2D eigenvalue weighted by Gasteiger charge is -2.06. The topological polar surface area (TPSA) is 38.9 Å². The summed E-state index contributed by atoms with van der Waals surface area (Å²) in [5.74, 6) is 0. The van der Waals surface area contributed by atoms with E-state index in [1.807, 2.05) is 0 Å². The molecule has 12 heavy (non-hydrogen) atoms. The second-order valence-corrected chi connectivity index (χ2v) is 3.86. The predicted molar refractivity (Wildman–Crippen MR) is 54.0 cm³/mol. The third-order valence-corrected chi connectivity index (χ3v) is 3.10. The molecule has 0 aliphatic carbocycles. The number of anilines is 1. The Balaban J connectivity index is 3.27. The molecule has 6 heteroatoms. The van der Waals surface area contributed by atoms with Gasteiger partial charge in [-0.15, -0.1) is 0 Å². The number of nitrogens with zero attached hydrogens (tertiary/aromatic N) is 1. The molecule has 1 aromatic rings. The molecular weight excluding hydrogens is 345 g/mol. The summed E-state index contributed by atoms with van der Waals surface area (Å²) in [5.41, 5.74) is 5.60. The molecule has 0 saturated carbocycles. The summed E-state index contributed by atoms with van der Waals surface area (Å²) in [6.45, 7) is 0. The monoisotopic (exact) mass is 348 g/mol. The Bertz CT molecular complexity index is 306. The highest BCUT2D eigenvalue weighted by Crippen LogP contribution is 2.30. The van der Waals surface area contributed by atoms with Crippen molar-refractivity contribution < 1.29 is 8.78 Å². The zero-order chi connectivity index (χ0) is 9.30. The Morgan fingerprint density at radius 3 is 2.67 bits per heavy atom. The smallest absolute Gasteiger partial charge is 0.266 e. The molecule has 1 rings (SSSR count). The van der Waals surface area contributed by atoms with E-state index in [1.54, 1.807) is 22.6 Å². The van der Waals surface area contributed by atoms with E-state index in [-0.39, 0.29) is 11.3 Å². The third-order valence-electron chi connectivity index (χ3n) is 1.26. The average Bonchev–Trinajstić information content (AvgIpc) is 2.00.